The first-order chi connectivity index (χ1) is 5.88. The third-order valence-electron chi connectivity index (χ3n) is 2.11. The number of rotatable bonds is 3. The van der Waals surface area contributed by atoms with E-state index in [0.29, 0.717) is 13.0 Å². The second-order valence-electron chi connectivity index (χ2n) is 3.42. The Morgan fingerprint density at radius 3 is 2.62 bits per heavy atom. The summed E-state index contributed by atoms with van der Waals surface area (Å²) < 4.78 is 38.7. The van der Waals surface area contributed by atoms with Crippen LogP contribution >= 0.6 is 0 Å². The highest BCUT2D eigenvalue weighted by molar-refractivity contribution is 7.85. The van der Waals surface area contributed by atoms with Crippen LogP contribution in [0.2, 0.25) is 0 Å². The first kappa shape index (κ1) is 10.9. The largest absolute Gasteiger partial charge is 0.298 e. The molecular formula is C7H14FNO3S. The molecule has 1 saturated heterocycles. The van der Waals surface area contributed by atoms with E-state index in [1.54, 1.807) is 11.9 Å². The summed E-state index contributed by atoms with van der Waals surface area (Å²) in [7, 11) is -1.64. The predicted octanol–water partition coefficient (Wildman–Crippen LogP) is 0.00480. The Morgan fingerprint density at radius 1 is 1.62 bits per heavy atom. The van der Waals surface area contributed by atoms with Crippen LogP contribution in [0.4, 0.5) is 4.39 Å². The lowest BCUT2D eigenvalue weighted by Gasteiger charge is -2.17. The van der Waals surface area contributed by atoms with Crippen molar-refractivity contribution >= 4 is 10.1 Å². The summed E-state index contributed by atoms with van der Waals surface area (Å²) in [6.45, 7) is 0.410. The number of hydrogen-bond acceptors (Lipinski definition) is 4. The molecule has 1 aliphatic rings. The van der Waals surface area contributed by atoms with Gasteiger partial charge in [0.25, 0.3) is 10.1 Å². The van der Waals surface area contributed by atoms with Crippen molar-refractivity contribution in [1.82, 2.24) is 4.90 Å². The van der Waals surface area contributed by atoms with E-state index in [2.05, 4.69) is 4.18 Å². The van der Waals surface area contributed by atoms with E-state index in [9.17, 15) is 12.8 Å². The van der Waals surface area contributed by atoms with Gasteiger partial charge in [0.05, 0.1) is 12.9 Å². The van der Waals surface area contributed by atoms with Crippen LogP contribution in [0.25, 0.3) is 0 Å². The summed E-state index contributed by atoms with van der Waals surface area (Å²) in [5, 5.41) is 0. The average Bonchev–Trinajstić information content (AvgIpc) is 2.24. The van der Waals surface area contributed by atoms with Crippen LogP contribution in [-0.2, 0) is 14.3 Å². The summed E-state index contributed by atoms with van der Waals surface area (Å²) in [5.74, 6) is 0. The third kappa shape index (κ3) is 3.58. The molecule has 0 aromatic heterocycles. The lowest BCUT2D eigenvalue weighted by molar-refractivity contribution is 0.204. The molecule has 0 aromatic rings. The number of likely N-dealkylation sites (tertiary alicyclic amines) is 1. The molecule has 0 spiro atoms. The fourth-order valence-corrected chi connectivity index (χ4v) is 1.81. The molecule has 0 bridgehead atoms. The number of alkyl halides is 1. The predicted molar refractivity (Wildman–Crippen MR) is 46.7 cm³/mol. The lowest BCUT2D eigenvalue weighted by atomic mass is 10.2. The first-order valence-electron chi connectivity index (χ1n) is 4.07. The summed E-state index contributed by atoms with van der Waals surface area (Å²) in [4.78, 5) is 1.77. The molecule has 6 heteroatoms. The molecule has 4 nitrogen and oxygen atoms in total. The van der Waals surface area contributed by atoms with Gasteiger partial charge in [0.1, 0.15) is 6.17 Å². The van der Waals surface area contributed by atoms with Crippen molar-refractivity contribution in [3.05, 3.63) is 0 Å². The first-order valence-corrected chi connectivity index (χ1v) is 5.89. The van der Waals surface area contributed by atoms with Crippen LogP contribution in [-0.4, -0.2) is 52.0 Å². The molecule has 1 rings (SSSR count). The fourth-order valence-electron chi connectivity index (χ4n) is 1.41. The van der Waals surface area contributed by atoms with Crippen molar-refractivity contribution in [2.75, 3.05) is 26.5 Å². The zero-order valence-electron chi connectivity index (χ0n) is 7.73. The van der Waals surface area contributed by atoms with E-state index in [-0.39, 0.29) is 12.6 Å². The molecular weight excluding hydrogens is 197 g/mol. The maximum absolute atomic E-state index is 12.8. The summed E-state index contributed by atoms with van der Waals surface area (Å²) in [6, 6.07) is -0.121. The highest BCUT2D eigenvalue weighted by Gasteiger charge is 2.30. The Bertz CT molecular complexity index is 267. The molecule has 1 fully saturated rings. The Morgan fingerprint density at radius 2 is 2.23 bits per heavy atom. The molecule has 78 valence electrons. The van der Waals surface area contributed by atoms with Crippen molar-refractivity contribution in [2.45, 2.75) is 18.6 Å². The second-order valence-corrected chi connectivity index (χ2v) is 5.06. The minimum atomic E-state index is -3.40. The van der Waals surface area contributed by atoms with Crippen LogP contribution < -0.4 is 0 Å². The summed E-state index contributed by atoms with van der Waals surface area (Å²) >= 11 is 0. The quantitative estimate of drug-likeness (QED) is 0.617. The monoisotopic (exact) mass is 211 g/mol. The van der Waals surface area contributed by atoms with E-state index < -0.39 is 16.3 Å². The fraction of sp³-hybridized carbons (Fsp3) is 1.00. The van der Waals surface area contributed by atoms with E-state index >= 15 is 0 Å². The van der Waals surface area contributed by atoms with Gasteiger partial charge in [-0.1, -0.05) is 0 Å². The second kappa shape index (κ2) is 3.89. The summed E-state index contributed by atoms with van der Waals surface area (Å²) in [5.41, 5.74) is 0. The number of hydrogen-bond donors (Lipinski definition) is 0. The highest BCUT2D eigenvalue weighted by atomic mass is 32.2. The Labute approximate surface area is 77.8 Å². The third-order valence-corrected chi connectivity index (χ3v) is 2.68. The Hall–Kier alpha value is -0.200. The Balaban J connectivity index is 2.38. The van der Waals surface area contributed by atoms with E-state index in [1.165, 1.54) is 0 Å². The molecule has 0 aliphatic carbocycles. The van der Waals surface area contributed by atoms with Gasteiger partial charge < -0.3 is 0 Å². The zero-order valence-corrected chi connectivity index (χ0v) is 8.55. The molecule has 13 heavy (non-hydrogen) atoms. The normalized spacial score (nSPS) is 31.0. The minimum Gasteiger partial charge on any atom is -0.298 e. The average molecular weight is 211 g/mol. The van der Waals surface area contributed by atoms with Crippen molar-refractivity contribution in [3.8, 4) is 0 Å². The Kier molecular flexibility index (Phi) is 3.26. The van der Waals surface area contributed by atoms with E-state index in [4.69, 9.17) is 0 Å². The van der Waals surface area contributed by atoms with Gasteiger partial charge in [0.2, 0.25) is 0 Å². The molecule has 0 saturated carbocycles. The molecule has 0 N–H and O–H groups in total. The van der Waals surface area contributed by atoms with Crippen LogP contribution in [0, 0.1) is 0 Å². The zero-order chi connectivity index (χ0) is 10.1. The van der Waals surface area contributed by atoms with Crippen LogP contribution in [0.5, 0.6) is 0 Å². The van der Waals surface area contributed by atoms with Gasteiger partial charge in [-0.15, -0.1) is 0 Å². The molecule has 0 aromatic carbocycles. The number of likely N-dealkylation sites (N-methyl/N-ethyl adjacent to an activating group) is 1. The van der Waals surface area contributed by atoms with Gasteiger partial charge in [-0.2, -0.15) is 8.42 Å². The van der Waals surface area contributed by atoms with Crippen LogP contribution in [0.1, 0.15) is 6.42 Å². The minimum absolute atomic E-state index is 0.0513. The number of nitrogens with zero attached hydrogens (tertiary/aromatic N) is 1. The molecule has 2 atom stereocenters. The maximum Gasteiger partial charge on any atom is 0.264 e. The highest BCUT2D eigenvalue weighted by Crippen LogP contribution is 2.18. The maximum atomic E-state index is 12.8. The van der Waals surface area contributed by atoms with Gasteiger partial charge in [-0.25, -0.2) is 4.39 Å². The molecule has 0 amide bonds. The van der Waals surface area contributed by atoms with Crippen molar-refractivity contribution in [2.24, 2.45) is 0 Å². The van der Waals surface area contributed by atoms with Crippen LogP contribution in [0.3, 0.4) is 0 Å². The van der Waals surface area contributed by atoms with Crippen molar-refractivity contribution in [1.29, 1.82) is 0 Å². The van der Waals surface area contributed by atoms with E-state index in [1.807, 2.05) is 0 Å². The van der Waals surface area contributed by atoms with Gasteiger partial charge in [0, 0.05) is 12.6 Å². The topological polar surface area (TPSA) is 46.6 Å². The SMILES string of the molecule is CN1C[C@@H](F)C[C@@H]1COS(C)(=O)=O. The van der Waals surface area contributed by atoms with E-state index in [0.717, 1.165) is 6.26 Å². The van der Waals surface area contributed by atoms with Gasteiger partial charge in [-0.05, 0) is 13.5 Å². The molecule has 0 unspecified atom stereocenters. The summed E-state index contributed by atoms with van der Waals surface area (Å²) in [6.07, 6.45) is 0.485. The molecule has 1 heterocycles. The number of halogens is 1. The van der Waals surface area contributed by atoms with Crippen molar-refractivity contribution < 1.29 is 17.0 Å². The van der Waals surface area contributed by atoms with Gasteiger partial charge in [0.15, 0.2) is 0 Å². The van der Waals surface area contributed by atoms with Gasteiger partial charge in [-0.3, -0.25) is 9.08 Å². The standard InChI is InChI=1S/C7H14FNO3S/c1-9-4-6(8)3-7(9)5-12-13(2,10)11/h6-7H,3-5H2,1-2H3/t6-,7+/m0/s1. The molecule has 1 aliphatic heterocycles. The lowest BCUT2D eigenvalue weighted by Crippen LogP contribution is -2.30. The van der Waals surface area contributed by atoms with Crippen molar-refractivity contribution in [3.63, 3.8) is 0 Å². The van der Waals surface area contributed by atoms with Crippen LogP contribution in [0.15, 0.2) is 0 Å². The van der Waals surface area contributed by atoms with Gasteiger partial charge >= 0.3 is 0 Å². The smallest absolute Gasteiger partial charge is 0.264 e. The molecule has 0 radical (unpaired) electrons.